The molecule has 23 heavy (non-hydrogen) atoms. The van der Waals surface area contributed by atoms with Gasteiger partial charge < -0.3 is 5.32 Å². The van der Waals surface area contributed by atoms with Gasteiger partial charge in [0.2, 0.25) is 15.9 Å². The highest BCUT2D eigenvalue weighted by molar-refractivity contribution is 7.88. The van der Waals surface area contributed by atoms with E-state index >= 15 is 0 Å². The van der Waals surface area contributed by atoms with Gasteiger partial charge in [-0.25, -0.2) is 21.5 Å². The number of piperidine rings is 1. The smallest absolute Gasteiger partial charge is 0.220 e. The summed E-state index contributed by atoms with van der Waals surface area (Å²) < 4.78 is 50.1. The lowest BCUT2D eigenvalue weighted by molar-refractivity contribution is -0.122. The van der Waals surface area contributed by atoms with Crippen LogP contribution in [0.3, 0.4) is 0 Å². The molecule has 1 aliphatic rings. The van der Waals surface area contributed by atoms with Gasteiger partial charge in [0.25, 0.3) is 0 Å². The van der Waals surface area contributed by atoms with Gasteiger partial charge in [-0.1, -0.05) is 6.07 Å². The molecule has 2 rings (SSSR count). The molecule has 0 spiro atoms. The van der Waals surface area contributed by atoms with Crippen LogP contribution in [0.4, 0.5) is 8.78 Å². The van der Waals surface area contributed by atoms with Gasteiger partial charge in [-0.2, -0.15) is 0 Å². The first kappa shape index (κ1) is 17.8. The maximum absolute atomic E-state index is 13.1. The number of halogens is 2. The second-order valence-corrected chi connectivity index (χ2v) is 7.73. The van der Waals surface area contributed by atoms with Gasteiger partial charge in [-0.3, -0.25) is 4.79 Å². The first-order chi connectivity index (χ1) is 10.8. The molecule has 128 valence electrons. The van der Waals surface area contributed by atoms with E-state index in [1.165, 1.54) is 16.6 Å². The largest absolute Gasteiger partial charge is 0.353 e. The Balaban J connectivity index is 1.76. The van der Waals surface area contributed by atoms with Crippen LogP contribution in [-0.4, -0.2) is 44.0 Å². The van der Waals surface area contributed by atoms with Crippen LogP contribution < -0.4 is 5.32 Å². The molecule has 1 fully saturated rings. The third-order valence-corrected chi connectivity index (χ3v) is 5.22. The Morgan fingerprint density at radius 1 is 1.26 bits per heavy atom. The van der Waals surface area contributed by atoms with E-state index in [2.05, 4.69) is 5.32 Å². The fourth-order valence-electron chi connectivity index (χ4n) is 2.58. The summed E-state index contributed by atoms with van der Waals surface area (Å²) in [6.45, 7) is 0.792. The Hall–Kier alpha value is -1.54. The number of hydrogen-bond acceptors (Lipinski definition) is 3. The molecule has 1 amide bonds. The average molecular weight is 346 g/mol. The standard InChI is InChI=1S/C15H20F2N2O3S/c1-23(21,22)19-8-6-12(7-9-19)18-15(20)5-3-11-2-4-13(16)14(17)10-11/h2,4,10,12H,3,5-9H2,1H3,(H,18,20). The zero-order chi connectivity index (χ0) is 17.0. The molecule has 1 aliphatic heterocycles. The summed E-state index contributed by atoms with van der Waals surface area (Å²) >= 11 is 0. The van der Waals surface area contributed by atoms with Crippen LogP contribution in [0.2, 0.25) is 0 Å². The molecular formula is C15H20F2N2O3S. The molecule has 0 bridgehead atoms. The normalized spacial score (nSPS) is 17.2. The van der Waals surface area contributed by atoms with Crippen LogP contribution >= 0.6 is 0 Å². The third kappa shape index (κ3) is 5.24. The van der Waals surface area contributed by atoms with Crippen LogP contribution in [0.25, 0.3) is 0 Å². The molecule has 1 aromatic carbocycles. The molecular weight excluding hydrogens is 326 g/mol. The quantitative estimate of drug-likeness (QED) is 0.877. The minimum atomic E-state index is -3.18. The predicted molar refractivity (Wildman–Crippen MR) is 82.3 cm³/mol. The number of carbonyl (C=O) groups excluding carboxylic acids is 1. The second kappa shape index (κ2) is 7.35. The first-order valence-electron chi connectivity index (χ1n) is 7.44. The Morgan fingerprint density at radius 2 is 1.91 bits per heavy atom. The molecule has 1 N–H and O–H groups in total. The number of hydrogen-bond donors (Lipinski definition) is 1. The number of sulfonamides is 1. The van der Waals surface area contributed by atoms with E-state index in [1.54, 1.807) is 0 Å². The summed E-state index contributed by atoms with van der Waals surface area (Å²) in [5.41, 5.74) is 0.561. The lowest BCUT2D eigenvalue weighted by Gasteiger charge is -2.30. The molecule has 8 heteroatoms. The van der Waals surface area contributed by atoms with Crippen molar-refractivity contribution in [2.45, 2.75) is 31.7 Å². The van der Waals surface area contributed by atoms with Gasteiger partial charge in [-0.05, 0) is 37.0 Å². The Morgan fingerprint density at radius 3 is 2.48 bits per heavy atom. The SMILES string of the molecule is CS(=O)(=O)N1CCC(NC(=O)CCc2ccc(F)c(F)c2)CC1. The topological polar surface area (TPSA) is 66.5 Å². The van der Waals surface area contributed by atoms with Crippen molar-refractivity contribution >= 4 is 15.9 Å². The van der Waals surface area contributed by atoms with Crippen molar-refractivity contribution in [3.63, 3.8) is 0 Å². The van der Waals surface area contributed by atoms with Crippen molar-refractivity contribution in [2.24, 2.45) is 0 Å². The summed E-state index contributed by atoms with van der Waals surface area (Å²) in [4.78, 5) is 11.9. The lowest BCUT2D eigenvalue weighted by Crippen LogP contribution is -2.46. The maximum Gasteiger partial charge on any atom is 0.220 e. The summed E-state index contributed by atoms with van der Waals surface area (Å²) in [6.07, 6.45) is 2.82. The molecule has 0 radical (unpaired) electrons. The maximum atomic E-state index is 13.1. The Bertz CT molecular complexity index is 671. The molecule has 0 saturated carbocycles. The third-order valence-electron chi connectivity index (χ3n) is 3.91. The molecule has 1 aromatic rings. The van der Waals surface area contributed by atoms with Gasteiger partial charge in [0.05, 0.1) is 6.26 Å². The summed E-state index contributed by atoms with van der Waals surface area (Å²) in [6, 6.07) is 3.54. The monoisotopic (exact) mass is 346 g/mol. The van der Waals surface area contributed by atoms with Crippen molar-refractivity contribution in [2.75, 3.05) is 19.3 Å². The highest BCUT2D eigenvalue weighted by Crippen LogP contribution is 2.14. The van der Waals surface area contributed by atoms with E-state index in [4.69, 9.17) is 0 Å². The molecule has 1 heterocycles. The predicted octanol–water partition coefficient (Wildman–Crippen LogP) is 1.44. The molecule has 0 unspecified atom stereocenters. The zero-order valence-corrected chi connectivity index (χ0v) is 13.7. The number of aryl methyl sites for hydroxylation is 1. The van der Waals surface area contributed by atoms with E-state index in [0.717, 1.165) is 12.1 Å². The highest BCUT2D eigenvalue weighted by atomic mass is 32.2. The number of benzene rings is 1. The van der Waals surface area contributed by atoms with E-state index in [0.29, 0.717) is 37.9 Å². The van der Waals surface area contributed by atoms with Crippen molar-refractivity contribution in [1.82, 2.24) is 9.62 Å². The van der Waals surface area contributed by atoms with Crippen LogP contribution in [0.5, 0.6) is 0 Å². The summed E-state index contributed by atoms with van der Waals surface area (Å²) in [7, 11) is -3.18. The fourth-order valence-corrected chi connectivity index (χ4v) is 3.46. The minimum Gasteiger partial charge on any atom is -0.353 e. The lowest BCUT2D eigenvalue weighted by atomic mass is 10.1. The first-order valence-corrected chi connectivity index (χ1v) is 9.29. The Kier molecular flexibility index (Phi) is 5.69. The van der Waals surface area contributed by atoms with Crippen molar-refractivity contribution in [3.8, 4) is 0 Å². The molecule has 1 saturated heterocycles. The molecule has 0 aliphatic carbocycles. The van der Waals surface area contributed by atoms with Crippen LogP contribution in [0.15, 0.2) is 18.2 Å². The van der Waals surface area contributed by atoms with Gasteiger partial charge in [0, 0.05) is 25.6 Å². The Labute approximate surface area is 134 Å². The van der Waals surface area contributed by atoms with Crippen LogP contribution in [0, 0.1) is 11.6 Å². The molecule has 0 aromatic heterocycles. The minimum absolute atomic E-state index is 0.0505. The molecule has 0 atom stereocenters. The average Bonchev–Trinajstić information content (AvgIpc) is 2.48. The van der Waals surface area contributed by atoms with Gasteiger partial charge in [0.1, 0.15) is 0 Å². The number of carbonyl (C=O) groups is 1. The van der Waals surface area contributed by atoms with Crippen molar-refractivity contribution in [1.29, 1.82) is 0 Å². The molecule has 5 nitrogen and oxygen atoms in total. The van der Waals surface area contributed by atoms with E-state index in [9.17, 15) is 22.0 Å². The summed E-state index contributed by atoms with van der Waals surface area (Å²) in [5.74, 6) is -2.00. The van der Waals surface area contributed by atoms with Crippen molar-refractivity contribution < 1.29 is 22.0 Å². The number of rotatable bonds is 5. The van der Waals surface area contributed by atoms with E-state index in [-0.39, 0.29) is 18.4 Å². The van der Waals surface area contributed by atoms with Crippen molar-refractivity contribution in [3.05, 3.63) is 35.4 Å². The fraction of sp³-hybridized carbons (Fsp3) is 0.533. The van der Waals surface area contributed by atoms with E-state index < -0.39 is 21.7 Å². The van der Waals surface area contributed by atoms with Crippen LogP contribution in [0.1, 0.15) is 24.8 Å². The van der Waals surface area contributed by atoms with E-state index in [1.807, 2.05) is 0 Å². The van der Waals surface area contributed by atoms with Gasteiger partial charge >= 0.3 is 0 Å². The number of amides is 1. The number of nitrogens with one attached hydrogen (secondary N) is 1. The second-order valence-electron chi connectivity index (χ2n) is 5.75. The highest BCUT2D eigenvalue weighted by Gasteiger charge is 2.25. The van der Waals surface area contributed by atoms with Gasteiger partial charge in [-0.15, -0.1) is 0 Å². The zero-order valence-electron chi connectivity index (χ0n) is 12.9. The van der Waals surface area contributed by atoms with Crippen LogP contribution in [-0.2, 0) is 21.2 Å². The number of nitrogens with zero attached hydrogens (tertiary/aromatic N) is 1. The summed E-state index contributed by atoms with van der Waals surface area (Å²) in [5, 5.41) is 2.86. The van der Waals surface area contributed by atoms with Gasteiger partial charge in [0.15, 0.2) is 11.6 Å².